The minimum atomic E-state index is -3.03. The van der Waals surface area contributed by atoms with Crippen molar-refractivity contribution in [3.05, 3.63) is 29.3 Å². The Morgan fingerprint density at radius 2 is 2.17 bits per heavy atom. The molecule has 3 heterocycles. The van der Waals surface area contributed by atoms with Crippen molar-refractivity contribution in [1.29, 1.82) is 0 Å². The Hall–Kier alpha value is -1.74. The third-order valence-corrected chi connectivity index (χ3v) is 9.63. The first-order valence-electron chi connectivity index (χ1n) is 10.0. The average Bonchev–Trinajstić information content (AvgIpc) is 3.28. The molecule has 0 aromatic heterocycles. The molecule has 3 aliphatic heterocycles. The molecule has 1 amide bonds. The molecule has 1 saturated carbocycles. The van der Waals surface area contributed by atoms with E-state index >= 15 is 0 Å². The van der Waals surface area contributed by atoms with Gasteiger partial charge in [-0.1, -0.05) is 25.6 Å². The lowest BCUT2D eigenvalue weighted by Crippen LogP contribution is -2.50. The first-order valence-corrected chi connectivity index (χ1v) is 12.7. The predicted octanol–water partition coefficient (Wildman–Crippen LogP) is 1.71. The molecule has 29 heavy (non-hydrogen) atoms. The number of amidine groups is 1. The van der Waals surface area contributed by atoms with Crippen LogP contribution in [0.25, 0.3) is 0 Å². The number of amides is 1. The van der Waals surface area contributed by atoms with Gasteiger partial charge in [-0.05, 0) is 42.0 Å². The Morgan fingerprint density at radius 1 is 1.38 bits per heavy atom. The van der Waals surface area contributed by atoms with E-state index < -0.39 is 9.84 Å². The van der Waals surface area contributed by atoms with Gasteiger partial charge in [0.25, 0.3) is 5.91 Å². The molecule has 0 spiro atoms. The summed E-state index contributed by atoms with van der Waals surface area (Å²) in [6.45, 7) is 4.56. The topological polar surface area (TPSA) is 114 Å². The summed E-state index contributed by atoms with van der Waals surface area (Å²) in [5, 5.41) is 7.60. The second kappa shape index (κ2) is 6.38. The largest absolute Gasteiger partial charge is 0.379 e. The molecule has 5 unspecified atom stereocenters. The number of nitrogens with zero attached hydrogens (tertiary/aromatic N) is 1. The minimum absolute atomic E-state index is 0.0309. The van der Waals surface area contributed by atoms with E-state index in [0.29, 0.717) is 22.4 Å². The number of hydrogen-bond acceptors (Lipinski definition) is 7. The number of carbonyl (C=O) groups excluding carboxylic acids is 1. The molecular formula is C20H26N4O3S2. The highest BCUT2D eigenvalue weighted by atomic mass is 32.2. The van der Waals surface area contributed by atoms with Crippen LogP contribution in [0.2, 0.25) is 0 Å². The van der Waals surface area contributed by atoms with Crippen LogP contribution in [0.5, 0.6) is 0 Å². The third-order valence-electron chi connectivity index (χ3n) is 6.76. The Kier molecular flexibility index (Phi) is 4.23. The molecule has 4 aliphatic rings. The van der Waals surface area contributed by atoms with Crippen molar-refractivity contribution in [3.63, 3.8) is 0 Å². The quantitative estimate of drug-likeness (QED) is 0.653. The maximum absolute atomic E-state index is 12.8. The Bertz CT molecular complexity index is 1020. The zero-order valence-electron chi connectivity index (χ0n) is 16.5. The van der Waals surface area contributed by atoms with E-state index in [0.717, 1.165) is 17.7 Å². The highest BCUT2D eigenvalue weighted by Crippen LogP contribution is 2.57. The number of anilines is 1. The van der Waals surface area contributed by atoms with Crippen LogP contribution in [0.4, 0.5) is 5.69 Å². The van der Waals surface area contributed by atoms with Crippen LogP contribution in [0.1, 0.15) is 48.5 Å². The predicted molar refractivity (Wildman–Crippen MR) is 116 cm³/mol. The molecule has 0 bridgehead atoms. The standard InChI is InChI=1S/C20H26N4O3S2/c1-20(2)8-14-16(24-19(21)28-14)17-15(20)12-7-10(3-4-13(12)23-17)18(25)22-11-5-6-29(26,27)9-11/h3-4,7,11,14-17,23H,5-6,8-9H2,1-2H3,(H2,21,24)(H,22,25). The van der Waals surface area contributed by atoms with Gasteiger partial charge in [-0.2, -0.15) is 0 Å². The van der Waals surface area contributed by atoms with E-state index in [1.807, 2.05) is 18.2 Å². The van der Waals surface area contributed by atoms with Crippen LogP contribution in [0, 0.1) is 5.41 Å². The van der Waals surface area contributed by atoms with E-state index in [1.54, 1.807) is 11.8 Å². The number of benzene rings is 1. The number of fused-ring (bicyclic) bond motifs is 5. The van der Waals surface area contributed by atoms with Crippen LogP contribution in [0.15, 0.2) is 23.2 Å². The number of thioether (sulfide) groups is 1. The van der Waals surface area contributed by atoms with Gasteiger partial charge in [0.2, 0.25) is 0 Å². The number of hydrogen-bond donors (Lipinski definition) is 3. The number of aliphatic imine (C=N–C) groups is 1. The average molecular weight is 435 g/mol. The number of carbonyl (C=O) groups is 1. The van der Waals surface area contributed by atoms with Gasteiger partial charge in [-0.15, -0.1) is 0 Å². The lowest BCUT2D eigenvalue weighted by Gasteiger charge is -2.45. The van der Waals surface area contributed by atoms with Gasteiger partial charge in [-0.25, -0.2) is 8.42 Å². The molecule has 7 nitrogen and oxygen atoms in total. The summed E-state index contributed by atoms with van der Waals surface area (Å²) in [6.07, 6.45) is 1.50. The monoisotopic (exact) mass is 434 g/mol. The molecule has 9 heteroatoms. The third kappa shape index (κ3) is 3.22. The number of nitrogens with one attached hydrogen (secondary N) is 2. The van der Waals surface area contributed by atoms with Crippen LogP contribution < -0.4 is 16.4 Å². The van der Waals surface area contributed by atoms with Gasteiger partial charge in [0, 0.05) is 28.5 Å². The van der Waals surface area contributed by atoms with E-state index in [9.17, 15) is 13.2 Å². The van der Waals surface area contributed by atoms with Crippen molar-refractivity contribution in [2.75, 3.05) is 16.8 Å². The first kappa shape index (κ1) is 19.2. The SMILES string of the molecule is CC1(C)CC2SC(N)=NC2C2Nc3ccc(C(=O)NC4CCS(=O)(=O)C4)cc3C21. The molecule has 2 fully saturated rings. The summed E-state index contributed by atoms with van der Waals surface area (Å²) in [7, 11) is -3.03. The smallest absolute Gasteiger partial charge is 0.251 e. The molecule has 1 saturated heterocycles. The van der Waals surface area contributed by atoms with Gasteiger partial charge in [0.1, 0.15) is 0 Å². The van der Waals surface area contributed by atoms with Crippen LogP contribution in [0.3, 0.4) is 0 Å². The van der Waals surface area contributed by atoms with Gasteiger partial charge in [-0.3, -0.25) is 9.79 Å². The maximum atomic E-state index is 12.8. The number of sulfone groups is 1. The lowest BCUT2D eigenvalue weighted by molar-refractivity contribution is 0.0940. The van der Waals surface area contributed by atoms with Crippen molar-refractivity contribution in [3.8, 4) is 0 Å². The highest BCUT2D eigenvalue weighted by Gasteiger charge is 2.54. The summed E-state index contributed by atoms with van der Waals surface area (Å²) < 4.78 is 23.3. The summed E-state index contributed by atoms with van der Waals surface area (Å²) in [5.41, 5.74) is 8.85. The first-order chi connectivity index (χ1) is 13.6. The van der Waals surface area contributed by atoms with Crippen LogP contribution >= 0.6 is 11.8 Å². The Balaban J connectivity index is 1.42. The summed E-state index contributed by atoms with van der Waals surface area (Å²) in [6, 6.07) is 5.77. The maximum Gasteiger partial charge on any atom is 0.251 e. The molecule has 1 aromatic carbocycles. The van der Waals surface area contributed by atoms with E-state index in [2.05, 4.69) is 24.5 Å². The molecule has 4 N–H and O–H groups in total. The fourth-order valence-corrected chi connectivity index (χ4v) is 8.57. The summed E-state index contributed by atoms with van der Waals surface area (Å²) in [5.74, 6) is 0.217. The Morgan fingerprint density at radius 3 is 2.90 bits per heavy atom. The van der Waals surface area contributed by atoms with Gasteiger partial charge in [0.15, 0.2) is 15.0 Å². The fraction of sp³-hybridized carbons (Fsp3) is 0.600. The summed E-state index contributed by atoms with van der Waals surface area (Å²) >= 11 is 1.68. The van der Waals surface area contributed by atoms with E-state index in [-0.39, 0.29) is 46.9 Å². The van der Waals surface area contributed by atoms with Crippen molar-refractivity contribution < 1.29 is 13.2 Å². The number of nitrogens with two attached hydrogens (primary N) is 1. The van der Waals surface area contributed by atoms with E-state index in [1.165, 1.54) is 0 Å². The molecule has 5 rings (SSSR count). The normalized spacial score (nSPS) is 35.8. The second-order valence-electron chi connectivity index (χ2n) is 9.33. The van der Waals surface area contributed by atoms with Crippen molar-refractivity contribution >= 4 is 38.4 Å². The number of rotatable bonds is 2. The zero-order chi connectivity index (χ0) is 20.6. The molecule has 1 aromatic rings. The molecule has 0 radical (unpaired) electrons. The van der Waals surface area contributed by atoms with Crippen LogP contribution in [-0.2, 0) is 9.84 Å². The van der Waals surface area contributed by atoms with Gasteiger partial charge >= 0.3 is 0 Å². The second-order valence-corrected chi connectivity index (χ2v) is 12.8. The van der Waals surface area contributed by atoms with Crippen LogP contribution in [-0.4, -0.2) is 54.4 Å². The zero-order valence-corrected chi connectivity index (χ0v) is 18.1. The molecule has 5 atom stereocenters. The van der Waals surface area contributed by atoms with Crippen molar-refractivity contribution in [2.45, 2.75) is 56.0 Å². The van der Waals surface area contributed by atoms with E-state index in [4.69, 9.17) is 10.7 Å². The summed E-state index contributed by atoms with van der Waals surface area (Å²) in [4.78, 5) is 17.5. The Labute approximate surface area is 175 Å². The molecular weight excluding hydrogens is 408 g/mol. The fourth-order valence-electron chi connectivity index (χ4n) is 5.52. The molecule has 156 valence electrons. The van der Waals surface area contributed by atoms with Crippen molar-refractivity contribution in [1.82, 2.24) is 5.32 Å². The minimum Gasteiger partial charge on any atom is -0.379 e. The lowest BCUT2D eigenvalue weighted by atomic mass is 9.63. The van der Waals surface area contributed by atoms with Crippen molar-refractivity contribution in [2.24, 2.45) is 16.1 Å². The highest BCUT2D eigenvalue weighted by molar-refractivity contribution is 8.14. The van der Waals surface area contributed by atoms with Gasteiger partial charge in [0.05, 0.1) is 23.6 Å². The molecule has 1 aliphatic carbocycles. The van der Waals surface area contributed by atoms with Gasteiger partial charge < -0.3 is 16.4 Å².